The van der Waals surface area contributed by atoms with E-state index in [2.05, 4.69) is 0 Å². The van der Waals surface area contributed by atoms with Crippen molar-refractivity contribution in [3.63, 3.8) is 0 Å². The molecule has 0 radical (unpaired) electrons. The van der Waals surface area contributed by atoms with E-state index < -0.39 is 11.9 Å². The molecule has 0 amide bonds. The number of aliphatic carboxylic acids is 1. The maximum Gasteiger partial charge on any atom is 0.310 e. The lowest BCUT2D eigenvalue weighted by molar-refractivity contribution is -0.139. The van der Waals surface area contributed by atoms with Gasteiger partial charge in [0, 0.05) is 4.90 Å². The molecular formula is C20H17FO2S. The molecule has 1 aliphatic carbocycles. The molecule has 1 N–H and O–H groups in total. The fourth-order valence-electron chi connectivity index (χ4n) is 2.82. The SMILES string of the molecule is CSc1ccc(C=C2C=C(C(C)C(=O)O)c3cc(F)ccc32)cc1. The van der Waals surface area contributed by atoms with Crippen molar-refractivity contribution in [3.8, 4) is 0 Å². The fraction of sp³-hybridized carbons (Fsp3) is 0.150. The van der Waals surface area contributed by atoms with E-state index in [1.807, 2.05) is 42.7 Å². The Labute approximate surface area is 144 Å². The van der Waals surface area contributed by atoms with Gasteiger partial charge in [0.2, 0.25) is 0 Å². The zero-order valence-electron chi connectivity index (χ0n) is 13.4. The molecule has 2 aromatic carbocycles. The zero-order valence-corrected chi connectivity index (χ0v) is 14.2. The van der Waals surface area contributed by atoms with Gasteiger partial charge in [-0.25, -0.2) is 4.39 Å². The molecule has 4 heteroatoms. The average molecular weight is 340 g/mol. The first-order chi connectivity index (χ1) is 11.5. The lowest BCUT2D eigenvalue weighted by Crippen LogP contribution is -2.10. The molecule has 0 aromatic heterocycles. The van der Waals surface area contributed by atoms with E-state index in [1.54, 1.807) is 24.8 Å². The van der Waals surface area contributed by atoms with Gasteiger partial charge in [0.1, 0.15) is 5.82 Å². The number of benzene rings is 2. The molecule has 1 aliphatic rings. The number of carbonyl (C=O) groups is 1. The monoisotopic (exact) mass is 340 g/mol. The maximum atomic E-state index is 13.6. The van der Waals surface area contributed by atoms with Gasteiger partial charge in [-0.15, -0.1) is 11.8 Å². The van der Waals surface area contributed by atoms with Crippen molar-refractivity contribution in [1.29, 1.82) is 0 Å². The standard InChI is InChI=1S/C20H17FO2S/c1-12(20(22)23)18-10-14(17-8-5-15(21)11-19(17)18)9-13-3-6-16(24-2)7-4-13/h3-12H,1-2H3,(H,22,23). The molecule has 0 bridgehead atoms. The van der Waals surface area contributed by atoms with Crippen LogP contribution in [-0.2, 0) is 4.79 Å². The van der Waals surface area contributed by atoms with E-state index in [0.717, 1.165) is 16.7 Å². The van der Waals surface area contributed by atoms with Crippen molar-refractivity contribution in [2.24, 2.45) is 5.92 Å². The van der Waals surface area contributed by atoms with Crippen molar-refractivity contribution in [1.82, 2.24) is 0 Å². The number of carboxylic acid groups (broad SMARTS) is 1. The van der Waals surface area contributed by atoms with E-state index in [1.165, 1.54) is 17.0 Å². The van der Waals surface area contributed by atoms with Crippen LogP contribution in [0, 0.1) is 11.7 Å². The predicted octanol–water partition coefficient (Wildman–Crippen LogP) is 5.21. The lowest BCUT2D eigenvalue weighted by atomic mass is 9.95. The lowest BCUT2D eigenvalue weighted by Gasteiger charge is -2.09. The van der Waals surface area contributed by atoms with Crippen LogP contribution in [0.1, 0.15) is 23.6 Å². The second-order valence-electron chi connectivity index (χ2n) is 5.72. The number of fused-ring (bicyclic) bond motifs is 1. The Kier molecular flexibility index (Phi) is 4.58. The van der Waals surface area contributed by atoms with E-state index >= 15 is 0 Å². The summed E-state index contributed by atoms with van der Waals surface area (Å²) in [5.74, 6) is -1.96. The summed E-state index contributed by atoms with van der Waals surface area (Å²) in [6.07, 6.45) is 5.88. The molecule has 3 rings (SSSR count). The van der Waals surface area contributed by atoms with Gasteiger partial charge in [-0.05, 0) is 77.4 Å². The highest BCUT2D eigenvalue weighted by Crippen LogP contribution is 2.40. The van der Waals surface area contributed by atoms with Gasteiger partial charge in [-0.2, -0.15) is 0 Å². The largest absolute Gasteiger partial charge is 0.481 e. The van der Waals surface area contributed by atoms with Crippen LogP contribution in [-0.4, -0.2) is 17.3 Å². The topological polar surface area (TPSA) is 37.3 Å². The third kappa shape index (κ3) is 3.15. The first-order valence-electron chi connectivity index (χ1n) is 7.60. The van der Waals surface area contributed by atoms with E-state index in [9.17, 15) is 14.3 Å². The summed E-state index contributed by atoms with van der Waals surface area (Å²) in [5, 5.41) is 9.31. The number of allylic oxidation sites excluding steroid dienone is 2. The zero-order chi connectivity index (χ0) is 17.3. The Morgan fingerprint density at radius 1 is 1.17 bits per heavy atom. The molecule has 0 heterocycles. The summed E-state index contributed by atoms with van der Waals surface area (Å²) >= 11 is 1.68. The highest BCUT2D eigenvalue weighted by molar-refractivity contribution is 7.98. The molecule has 0 saturated carbocycles. The van der Waals surface area contributed by atoms with Crippen LogP contribution < -0.4 is 0 Å². The first-order valence-corrected chi connectivity index (χ1v) is 8.82. The summed E-state index contributed by atoms with van der Waals surface area (Å²) in [5.41, 5.74) is 4.11. The number of carboxylic acids is 1. The minimum atomic E-state index is -0.915. The average Bonchev–Trinajstić information content (AvgIpc) is 2.92. The highest BCUT2D eigenvalue weighted by atomic mass is 32.2. The normalized spacial score (nSPS) is 16.0. The van der Waals surface area contributed by atoms with Gasteiger partial charge in [0.15, 0.2) is 0 Å². The van der Waals surface area contributed by atoms with Gasteiger partial charge in [-0.3, -0.25) is 4.79 Å². The Hall–Kier alpha value is -2.33. The Bertz CT molecular complexity index is 850. The van der Waals surface area contributed by atoms with E-state index in [-0.39, 0.29) is 5.82 Å². The molecule has 1 unspecified atom stereocenters. The molecular weight excluding hydrogens is 323 g/mol. The fourth-order valence-corrected chi connectivity index (χ4v) is 3.23. The molecule has 122 valence electrons. The second kappa shape index (κ2) is 6.65. The number of hydrogen-bond acceptors (Lipinski definition) is 2. The van der Waals surface area contributed by atoms with Gasteiger partial charge >= 0.3 is 5.97 Å². The summed E-state index contributed by atoms with van der Waals surface area (Å²) in [4.78, 5) is 12.5. The van der Waals surface area contributed by atoms with E-state index in [0.29, 0.717) is 11.1 Å². The number of rotatable bonds is 4. The van der Waals surface area contributed by atoms with Crippen LogP contribution in [0.2, 0.25) is 0 Å². The maximum absolute atomic E-state index is 13.6. The molecule has 1 atom stereocenters. The number of halogens is 1. The van der Waals surface area contributed by atoms with Crippen LogP contribution in [0.15, 0.2) is 53.4 Å². The molecule has 2 nitrogen and oxygen atoms in total. The van der Waals surface area contributed by atoms with Gasteiger partial charge < -0.3 is 5.11 Å². The van der Waals surface area contributed by atoms with Crippen LogP contribution in [0.4, 0.5) is 4.39 Å². The first kappa shape index (κ1) is 16.5. The van der Waals surface area contributed by atoms with E-state index in [4.69, 9.17) is 0 Å². The van der Waals surface area contributed by atoms with Crippen LogP contribution in [0.3, 0.4) is 0 Å². The molecule has 0 aliphatic heterocycles. The molecule has 0 fully saturated rings. The van der Waals surface area contributed by atoms with Crippen LogP contribution >= 0.6 is 11.8 Å². The van der Waals surface area contributed by atoms with Crippen molar-refractivity contribution >= 4 is 35.0 Å². The summed E-state index contributed by atoms with van der Waals surface area (Å²) < 4.78 is 13.6. The van der Waals surface area contributed by atoms with Gasteiger partial charge in [-0.1, -0.05) is 18.2 Å². The quantitative estimate of drug-likeness (QED) is 0.777. The van der Waals surface area contributed by atoms with Crippen molar-refractivity contribution in [2.45, 2.75) is 11.8 Å². The van der Waals surface area contributed by atoms with Crippen molar-refractivity contribution < 1.29 is 14.3 Å². The summed E-state index contributed by atoms with van der Waals surface area (Å²) in [6.45, 7) is 1.62. The number of thioether (sulfide) groups is 1. The number of hydrogen-bond donors (Lipinski definition) is 1. The van der Waals surface area contributed by atoms with Crippen LogP contribution in [0.5, 0.6) is 0 Å². The third-order valence-electron chi connectivity index (χ3n) is 4.19. The predicted molar refractivity (Wildman–Crippen MR) is 97.3 cm³/mol. The smallest absolute Gasteiger partial charge is 0.310 e. The minimum absolute atomic E-state index is 0.359. The summed E-state index contributed by atoms with van der Waals surface area (Å²) in [6, 6.07) is 12.7. The Morgan fingerprint density at radius 2 is 1.88 bits per heavy atom. The third-order valence-corrected chi connectivity index (χ3v) is 4.93. The Balaban J connectivity index is 2.07. The minimum Gasteiger partial charge on any atom is -0.481 e. The van der Waals surface area contributed by atoms with Gasteiger partial charge in [0.25, 0.3) is 0 Å². The van der Waals surface area contributed by atoms with Crippen LogP contribution in [0.25, 0.3) is 17.2 Å². The highest BCUT2D eigenvalue weighted by Gasteiger charge is 2.26. The Morgan fingerprint density at radius 3 is 2.50 bits per heavy atom. The summed E-state index contributed by atoms with van der Waals surface area (Å²) in [7, 11) is 0. The molecule has 2 aromatic rings. The van der Waals surface area contributed by atoms with Crippen molar-refractivity contribution in [3.05, 3.63) is 71.0 Å². The van der Waals surface area contributed by atoms with Crippen molar-refractivity contribution in [2.75, 3.05) is 6.26 Å². The molecule has 0 saturated heterocycles. The molecule has 0 spiro atoms. The molecule has 24 heavy (non-hydrogen) atoms. The van der Waals surface area contributed by atoms with Gasteiger partial charge in [0.05, 0.1) is 5.92 Å². The second-order valence-corrected chi connectivity index (χ2v) is 6.60.